The van der Waals surface area contributed by atoms with E-state index in [1.54, 1.807) is 6.07 Å². The molecule has 1 aliphatic heterocycles. The number of benzene rings is 1. The predicted molar refractivity (Wildman–Crippen MR) is 88.3 cm³/mol. The van der Waals surface area contributed by atoms with Gasteiger partial charge in [-0.1, -0.05) is 31.1 Å². The lowest BCUT2D eigenvalue weighted by molar-refractivity contribution is 0.0801. The first-order chi connectivity index (χ1) is 11.6. The van der Waals surface area contributed by atoms with Crippen LogP contribution in [0.5, 0.6) is 11.5 Å². The first kappa shape index (κ1) is 16.4. The smallest absolute Gasteiger partial charge is 0.289 e. The van der Waals surface area contributed by atoms with Gasteiger partial charge in [-0.15, -0.1) is 0 Å². The number of carbonyl (C=O) groups is 1. The molecular weight excluding hydrogens is 308 g/mol. The predicted octanol–water partition coefficient (Wildman–Crippen LogP) is 2.83. The van der Waals surface area contributed by atoms with Crippen molar-refractivity contribution in [1.29, 1.82) is 0 Å². The highest BCUT2D eigenvalue weighted by atomic mass is 16.6. The van der Waals surface area contributed by atoms with E-state index in [9.17, 15) is 4.79 Å². The Hall–Kier alpha value is -2.50. The van der Waals surface area contributed by atoms with Crippen LogP contribution in [0, 0.1) is 5.92 Å². The van der Waals surface area contributed by atoms with Crippen molar-refractivity contribution < 1.29 is 18.8 Å². The third-order valence-electron chi connectivity index (χ3n) is 3.72. The van der Waals surface area contributed by atoms with Crippen LogP contribution in [0.3, 0.4) is 0 Å². The van der Waals surface area contributed by atoms with Gasteiger partial charge in [-0.2, -0.15) is 0 Å². The third kappa shape index (κ3) is 4.07. The standard InChI is InChI=1S/C18H22N2O4/c1-12(2)9-13-10-17(24-20-13)18(21)19-8-7-14-11-22-15-5-3-4-6-16(15)23-14/h3-6,10,12,14H,7-9,11H2,1-2H3,(H,19,21). The number of nitrogens with zero attached hydrogens (tertiary/aromatic N) is 1. The number of hydrogen-bond donors (Lipinski definition) is 1. The zero-order chi connectivity index (χ0) is 16.9. The third-order valence-corrected chi connectivity index (χ3v) is 3.72. The minimum Gasteiger partial charge on any atom is -0.486 e. The highest BCUT2D eigenvalue weighted by Crippen LogP contribution is 2.31. The number of ether oxygens (including phenoxy) is 2. The van der Waals surface area contributed by atoms with Crippen LogP contribution in [0.1, 0.15) is 36.5 Å². The van der Waals surface area contributed by atoms with Crippen LogP contribution in [0.4, 0.5) is 0 Å². The Bertz CT molecular complexity index is 696. The summed E-state index contributed by atoms with van der Waals surface area (Å²) in [4.78, 5) is 12.1. The second-order valence-electron chi connectivity index (χ2n) is 6.32. The number of nitrogens with one attached hydrogen (secondary N) is 1. The van der Waals surface area contributed by atoms with Crippen molar-refractivity contribution in [2.45, 2.75) is 32.8 Å². The lowest BCUT2D eigenvalue weighted by atomic mass is 10.1. The van der Waals surface area contributed by atoms with E-state index in [4.69, 9.17) is 14.0 Å². The normalized spacial score (nSPS) is 16.2. The van der Waals surface area contributed by atoms with E-state index in [0.29, 0.717) is 25.5 Å². The molecule has 1 N–H and O–H groups in total. The molecule has 0 bridgehead atoms. The fourth-order valence-corrected chi connectivity index (χ4v) is 2.57. The average molecular weight is 330 g/mol. The highest BCUT2D eigenvalue weighted by Gasteiger charge is 2.21. The largest absolute Gasteiger partial charge is 0.486 e. The number of aromatic nitrogens is 1. The molecule has 1 unspecified atom stereocenters. The number of fused-ring (bicyclic) bond motifs is 1. The summed E-state index contributed by atoms with van der Waals surface area (Å²) in [5.41, 5.74) is 0.802. The summed E-state index contributed by atoms with van der Waals surface area (Å²) in [5, 5.41) is 6.75. The van der Waals surface area contributed by atoms with Gasteiger partial charge in [0, 0.05) is 19.0 Å². The second-order valence-corrected chi connectivity index (χ2v) is 6.32. The number of carbonyl (C=O) groups excluding carboxylic acids is 1. The van der Waals surface area contributed by atoms with E-state index in [1.807, 2.05) is 24.3 Å². The Morgan fingerprint density at radius 2 is 2.12 bits per heavy atom. The van der Waals surface area contributed by atoms with Gasteiger partial charge in [0.05, 0.1) is 5.69 Å². The molecule has 6 nitrogen and oxygen atoms in total. The summed E-state index contributed by atoms with van der Waals surface area (Å²) in [6.45, 7) is 5.15. The first-order valence-electron chi connectivity index (χ1n) is 8.24. The molecule has 1 amide bonds. The van der Waals surface area contributed by atoms with Gasteiger partial charge in [-0.25, -0.2) is 0 Å². The minimum atomic E-state index is -0.255. The van der Waals surface area contributed by atoms with E-state index in [0.717, 1.165) is 23.6 Å². The molecule has 0 fully saturated rings. The molecule has 6 heteroatoms. The molecule has 0 aliphatic carbocycles. The molecule has 24 heavy (non-hydrogen) atoms. The van der Waals surface area contributed by atoms with Crippen molar-refractivity contribution in [3.8, 4) is 11.5 Å². The molecular formula is C18H22N2O4. The molecule has 1 atom stereocenters. The van der Waals surface area contributed by atoms with Gasteiger partial charge in [0.25, 0.3) is 5.91 Å². The average Bonchev–Trinajstić information content (AvgIpc) is 3.02. The molecule has 1 aromatic carbocycles. The molecule has 0 saturated carbocycles. The molecule has 0 radical (unpaired) electrons. The maximum absolute atomic E-state index is 12.1. The fraction of sp³-hybridized carbons (Fsp3) is 0.444. The van der Waals surface area contributed by atoms with Crippen LogP contribution in [-0.4, -0.2) is 30.3 Å². The van der Waals surface area contributed by atoms with Crippen LogP contribution in [0.15, 0.2) is 34.9 Å². The van der Waals surface area contributed by atoms with Crippen molar-refractivity contribution in [1.82, 2.24) is 10.5 Å². The van der Waals surface area contributed by atoms with Crippen LogP contribution in [0.2, 0.25) is 0 Å². The van der Waals surface area contributed by atoms with Crippen molar-refractivity contribution in [3.63, 3.8) is 0 Å². The number of rotatable bonds is 6. The van der Waals surface area contributed by atoms with E-state index in [1.165, 1.54) is 0 Å². The van der Waals surface area contributed by atoms with Gasteiger partial charge in [0.1, 0.15) is 12.7 Å². The van der Waals surface area contributed by atoms with Crippen molar-refractivity contribution in [2.75, 3.05) is 13.2 Å². The molecule has 1 aliphatic rings. The Morgan fingerprint density at radius 1 is 1.33 bits per heavy atom. The van der Waals surface area contributed by atoms with E-state index >= 15 is 0 Å². The summed E-state index contributed by atoms with van der Waals surface area (Å²) >= 11 is 0. The molecule has 3 rings (SSSR count). The number of para-hydroxylation sites is 2. The van der Waals surface area contributed by atoms with Gasteiger partial charge in [0.2, 0.25) is 5.76 Å². The lowest BCUT2D eigenvalue weighted by Crippen LogP contribution is -2.34. The monoisotopic (exact) mass is 330 g/mol. The van der Waals surface area contributed by atoms with Crippen molar-refractivity contribution in [2.24, 2.45) is 5.92 Å². The molecule has 1 aromatic heterocycles. The molecule has 2 heterocycles. The van der Waals surface area contributed by atoms with Gasteiger partial charge < -0.3 is 19.3 Å². The van der Waals surface area contributed by atoms with Crippen LogP contribution < -0.4 is 14.8 Å². The topological polar surface area (TPSA) is 73.6 Å². The summed E-state index contributed by atoms with van der Waals surface area (Å²) in [6.07, 6.45) is 1.38. The maximum Gasteiger partial charge on any atom is 0.289 e. The zero-order valence-electron chi connectivity index (χ0n) is 14.0. The summed E-state index contributed by atoms with van der Waals surface area (Å²) in [5.74, 6) is 1.97. The molecule has 0 spiro atoms. The van der Waals surface area contributed by atoms with Crippen molar-refractivity contribution in [3.05, 3.63) is 41.8 Å². The van der Waals surface area contributed by atoms with Gasteiger partial charge in [-0.05, 0) is 24.5 Å². The fourth-order valence-electron chi connectivity index (χ4n) is 2.57. The maximum atomic E-state index is 12.1. The Kier molecular flexibility index (Phi) is 5.03. The van der Waals surface area contributed by atoms with E-state index < -0.39 is 0 Å². The zero-order valence-corrected chi connectivity index (χ0v) is 14.0. The van der Waals surface area contributed by atoms with Crippen LogP contribution in [0.25, 0.3) is 0 Å². The van der Waals surface area contributed by atoms with E-state index in [2.05, 4.69) is 24.3 Å². The van der Waals surface area contributed by atoms with Gasteiger partial charge in [-0.3, -0.25) is 4.79 Å². The summed E-state index contributed by atoms with van der Waals surface area (Å²) in [7, 11) is 0. The van der Waals surface area contributed by atoms with E-state index in [-0.39, 0.29) is 17.8 Å². The Morgan fingerprint density at radius 3 is 2.92 bits per heavy atom. The van der Waals surface area contributed by atoms with Crippen molar-refractivity contribution >= 4 is 5.91 Å². The Balaban J connectivity index is 1.45. The number of hydrogen-bond acceptors (Lipinski definition) is 5. The minimum absolute atomic E-state index is 0.0774. The SMILES string of the molecule is CC(C)Cc1cc(C(=O)NCCC2COc3ccccc3O2)on1. The van der Waals surface area contributed by atoms with Crippen LogP contribution >= 0.6 is 0 Å². The second kappa shape index (κ2) is 7.38. The molecule has 128 valence electrons. The highest BCUT2D eigenvalue weighted by molar-refractivity contribution is 5.91. The summed E-state index contributed by atoms with van der Waals surface area (Å²) in [6, 6.07) is 9.28. The van der Waals surface area contributed by atoms with Crippen LogP contribution in [-0.2, 0) is 6.42 Å². The van der Waals surface area contributed by atoms with Gasteiger partial charge >= 0.3 is 0 Å². The quantitative estimate of drug-likeness (QED) is 0.881. The summed E-state index contributed by atoms with van der Waals surface area (Å²) < 4.78 is 16.6. The first-order valence-corrected chi connectivity index (χ1v) is 8.24. The Labute approximate surface area is 141 Å². The molecule has 0 saturated heterocycles. The molecule has 2 aromatic rings. The number of amides is 1. The lowest BCUT2D eigenvalue weighted by Gasteiger charge is -2.26. The van der Waals surface area contributed by atoms with Gasteiger partial charge in [0.15, 0.2) is 11.5 Å².